The van der Waals surface area contributed by atoms with Gasteiger partial charge in [-0.3, -0.25) is 4.90 Å². The molecule has 3 heteroatoms. The SMILES string of the molecule is CSC1(CN2CCNC(C(C)(C)C)C2)CCC1. The molecule has 2 fully saturated rings. The molecule has 1 N–H and O–H groups in total. The topological polar surface area (TPSA) is 15.3 Å². The van der Waals surface area contributed by atoms with Gasteiger partial charge < -0.3 is 5.32 Å². The summed E-state index contributed by atoms with van der Waals surface area (Å²) in [6.45, 7) is 12.0. The third kappa shape index (κ3) is 3.18. The number of nitrogens with one attached hydrogen (secondary N) is 1. The van der Waals surface area contributed by atoms with Crippen LogP contribution in [-0.2, 0) is 0 Å². The Kier molecular flexibility index (Phi) is 4.11. The maximum absolute atomic E-state index is 3.68. The minimum Gasteiger partial charge on any atom is -0.311 e. The zero-order chi connectivity index (χ0) is 12.5. The standard InChI is InChI=1S/C14H28N2S/c1-13(2,3)12-10-16(9-8-15-12)11-14(17-4)6-5-7-14/h12,15H,5-11H2,1-4H3. The third-order valence-corrected chi connectivity index (χ3v) is 5.92. The van der Waals surface area contributed by atoms with Crippen LogP contribution in [0.15, 0.2) is 0 Å². The van der Waals surface area contributed by atoms with Gasteiger partial charge in [0.2, 0.25) is 0 Å². The van der Waals surface area contributed by atoms with Crippen LogP contribution in [0.5, 0.6) is 0 Å². The summed E-state index contributed by atoms with van der Waals surface area (Å²) in [5.41, 5.74) is 0.380. The van der Waals surface area contributed by atoms with Crippen LogP contribution in [0.4, 0.5) is 0 Å². The summed E-state index contributed by atoms with van der Waals surface area (Å²) in [6.07, 6.45) is 6.59. The predicted octanol–water partition coefficient (Wildman–Crippen LogP) is 2.59. The summed E-state index contributed by atoms with van der Waals surface area (Å²) in [5.74, 6) is 0. The molecule has 100 valence electrons. The molecule has 1 heterocycles. The molecule has 1 aliphatic heterocycles. The van der Waals surface area contributed by atoms with Crippen LogP contribution in [0, 0.1) is 5.41 Å². The lowest BCUT2D eigenvalue weighted by molar-refractivity contribution is 0.112. The van der Waals surface area contributed by atoms with Crippen LogP contribution in [0.1, 0.15) is 40.0 Å². The second-order valence-corrected chi connectivity index (χ2v) is 8.12. The van der Waals surface area contributed by atoms with Crippen LogP contribution >= 0.6 is 11.8 Å². The molecule has 1 aliphatic carbocycles. The quantitative estimate of drug-likeness (QED) is 0.835. The van der Waals surface area contributed by atoms with Gasteiger partial charge in [0.05, 0.1) is 0 Å². The number of hydrogen-bond donors (Lipinski definition) is 1. The van der Waals surface area contributed by atoms with E-state index in [-0.39, 0.29) is 0 Å². The molecule has 2 nitrogen and oxygen atoms in total. The minimum atomic E-state index is 0.380. The molecule has 0 radical (unpaired) electrons. The van der Waals surface area contributed by atoms with E-state index in [9.17, 15) is 0 Å². The average molecular weight is 256 g/mol. The van der Waals surface area contributed by atoms with Crippen molar-refractivity contribution < 1.29 is 0 Å². The van der Waals surface area contributed by atoms with E-state index in [4.69, 9.17) is 0 Å². The number of hydrogen-bond acceptors (Lipinski definition) is 3. The van der Waals surface area contributed by atoms with Crippen LogP contribution < -0.4 is 5.32 Å². The summed E-state index contributed by atoms with van der Waals surface area (Å²) in [5, 5.41) is 3.68. The summed E-state index contributed by atoms with van der Waals surface area (Å²) >= 11 is 2.10. The number of piperazine rings is 1. The predicted molar refractivity (Wildman–Crippen MR) is 77.8 cm³/mol. The maximum atomic E-state index is 3.68. The normalized spacial score (nSPS) is 30.0. The second kappa shape index (κ2) is 5.10. The molecule has 1 saturated carbocycles. The summed E-state index contributed by atoms with van der Waals surface area (Å²) in [4.78, 5) is 2.70. The first kappa shape index (κ1) is 13.7. The van der Waals surface area contributed by atoms with Crippen molar-refractivity contribution >= 4 is 11.8 Å². The molecule has 2 aliphatic rings. The molecule has 0 aromatic rings. The summed E-state index contributed by atoms with van der Waals surface area (Å²) in [6, 6.07) is 0.648. The highest BCUT2D eigenvalue weighted by molar-refractivity contribution is 8.00. The summed E-state index contributed by atoms with van der Waals surface area (Å²) < 4.78 is 0.597. The fourth-order valence-electron chi connectivity index (χ4n) is 2.94. The molecule has 1 saturated heterocycles. The van der Waals surface area contributed by atoms with Crippen molar-refractivity contribution in [2.24, 2.45) is 5.41 Å². The molecule has 0 bridgehead atoms. The zero-order valence-electron chi connectivity index (χ0n) is 11.9. The molecule has 1 unspecified atom stereocenters. The van der Waals surface area contributed by atoms with E-state index in [0.717, 1.165) is 6.54 Å². The van der Waals surface area contributed by atoms with E-state index in [0.29, 0.717) is 16.2 Å². The Bertz CT molecular complexity index is 250. The molecule has 0 aromatic heterocycles. The van der Waals surface area contributed by atoms with Gasteiger partial charge in [0.15, 0.2) is 0 Å². The first-order valence-corrected chi connectivity index (χ1v) is 8.19. The van der Waals surface area contributed by atoms with E-state index in [2.05, 4.69) is 49.0 Å². The molecule has 0 amide bonds. The molecular formula is C14H28N2S. The molecule has 1 atom stereocenters. The van der Waals surface area contributed by atoms with Crippen molar-refractivity contribution in [3.63, 3.8) is 0 Å². The molecule has 0 aromatic carbocycles. The Morgan fingerprint density at radius 2 is 2.06 bits per heavy atom. The lowest BCUT2D eigenvalue weighted by atomic mass is 9.82. The molecule has 17 heavy (non-hydrogen) atoms. The maximum Gasteiger partial charge on any atom is 0.0284 e. The Hall–Kier alpha value is 0.270. The molecular weight excluding hydrogens is 228 g/mol. The molecule has 0 spiro atoms. The van der Waals surface area contributed by atoms with Crippen molar-refractivity contribution in [2.75, 3.05) is 32.4 Å². The van der Waals surface area contributed by atoms with Crippen molar-refractivity contribution in [3.05, 3.63) is 0 Å². The van der Waals surface area contributed by atoms with Gasteiger partial charge in [-0.15, -0.1) is 0 Å². The van der Waals surface area contributed by atoms with Crippen molar-refractivity contribution in [2.45, 2.75) is 50.8 Å². The lowest BCUT2D eigenvalue weighted by Crippen LogP contribution is -2.58. The Morgan fingerprint density at radius 1 is 1.35 bits per heavy atom. The first-order valence-electron chi connectivity index (χ1n) is 6.96. The first-order chi connectivity index (χ1) is 7.95. The van der Waals surface area contributed by atoms with E-state index < -0.39 is 0 Å². The Labute approximate surface area is 111 Å². The second-order valence-electron chi connectivity index (χ2n) is 6.85. The van der Waals surface area contributed by atoms with E-state index >= 15 is 0 Å². The highest BCUT2D eigenvalue weighted by atomic mass is 32.2. The fourth-order valence-corrected chi connectivity index (χ4v) is 3.95. The van der Waals surface area contributed by atoms with Crippen molar-refractivity contribution in [1.29, 1.82) is 0 Å². The van der Waals surface area contributed by atoms with Crippen LogP contribution in [-0.4, -0.2) is 48.1 Å². The van der Waals surface area contributed by atoms with Gasteiger partial charge in [0, 0.05) is 37.0 Å². The number of nitrogens with zero attached hydrogens (tertiary/aromatic N) is 1. The number of rotatable bonds is 3. The highest BCUT2D eigenvalue weighted by Gasteiger charge is 2.39. The van der Waals surface area contributed by atoms with Crippen molar-refractivity contribution in [3.8, 4) is 0 Å². The Morgan fingerprint density at radius 3 is 2.53 bits per heavy atom. The largest absolute Gasteiger partial charge is 0.311 e. The highest BCUT2D eigenvalue weighted by Crippen LogP contribution is 2.43. The summed E-state index contributed by atoms with van der Waals surface area (Å²) in [7, 11) is 0. The third-order valence-electron chi connectivity index (χ3n) is 4.51. The van der Waals surface area contributed by atoms with Gasteiger partial charge in [-0.25, -0.2) is 0 Å². The van der Waals surface area contributed by atoms with E-state index in [1.807, 2.05) is 0 Å². The van der Waals surface area contributed by atoms with Gasteiger partial charge in [-0.1, -0.05) is 27.2 Å². The van der Waals surface area contributed by atoms with Crippen LogP contribution in [0.3, 0.4) is 0 Å². The smallest absolute Gasteiger partial charge is 0.0284 e. The van der Waals surface area contributed by atoms with Gasteiger partial charge in [-0.05, 0) is 24.5 Å². The lowest BCUT2D eigenvalue weighted by Gasteiger charge is -2.47. The minimum absolute atomic E-state index is 0.380. The van der Waals surface area contributed by atoms with Crippen molar-refractivity contribution in [1.82, 2.24) is 10.2 Å². The van der Waals surface area contributed by atoms with Gasteiger partial charge >= 0.3 is 0 Å². The van der Waals surface area contributed by atoms with E-state index in [1.165, 1.54) is 38.9 Å². The fraction of sp³-hybridized carbons (Fsp3) is 1.00. The zero-order valence-corrected chi connectivity index (χ0v) is 12.7. The number of thioether (sulfide) groups is 1. The van der Waals surface area contributed by atoms with Crippen LogP contribution in [0.25, 0.3) is 0 Å². The van der Waals surface area contributed by atoms with Gasteiger partial charge in [-0.2, -0.15) is 11.8 Å². The monoisotopic (exact) mass is 256 g/mol. The molecule has 2 rings (SSSR count). The Balaban J connectivity index is 1.89. The van der Waals surface area contributed by atoms with Gasteiger partial charge in [0.25, 0.3) is 0 Å². The average Bonchev–Trinajstić information content (AvgIpc) is 2.23. The van der Waals surface area contributed by atoms with Crippen LogP contribution in [0.2, 0.25) is 0 Å². The van der Waals surface area contributed by atoms with E-state index in [1.54, 1.807) is 0 Å². The van der Waals surface area contributed by atoms with Gasteiger partial charge in [0.1, 0.15) is 0 Å².